The van der Waals surface area contributed by atoms with Gasteiger partial charge in [0.25, 0.3) is 0 Å². The second kappa shape index (κ2) is 8.72. The van der Waals surface area contributed by atoms with Gasteiger partial charge >= 0.3 is 35.5 Å². The molecule has 0 aliphatic rings. The summed E-state index contributed by atoms with van der Waals surface area (Å²) in [7, 11) is 0. The fraction of sp³-hybridized carbons (Fsp3) is 0.750. The summed E-state index contributed by atoms with van der Waals surface area (Å²) in [5.74, 6) is -0.652. The zero-order chi connectivity index (χ0) is 6.41. The molecule has 9 heavy (non-hydrogen) atoms. The van der Waals surface area contributed by atoms with Crippen molar-refractivity contribution in [3.8, 4) is 0 Å². The van der Waals surface area contributed by atoms with Gasteiger partial charge in [-0.25, -0.2) is 0 Å². The van der Waals surface area contributed by atoms with Crippen LogP contribution in [-0.4, -0.2) is 59.7 Å². The predicted octanol–water partition coefficient (Wildman–Crippen LogP) is -0.888. The van der Waals surface area contributed by atoms with Crippen molar-refractivity contribution in [3.63, 3.8) is 0 Å². The number of halogens is 1. The average Bonchev–Trinajstić information content (AvgIpc) is 1.83. The molecule has 0 atom stereocenters. The number of esters is 1. The zero-order valence-corrected chi connectivity index (χ0v) is 5.02. The first kappa shape index (κ1) is 12.4. The van der Waals surface area contributed by atoms with E-state index in [9.17, 15) is 4.79 Å². The van der Waals surface area contributed by atoms with Crippen molar-refractivity contribution < 1.29 is 14.6 Å². The van der Waals surface area contributed by atoms with Crippen LogP contribution in [0.4, 0.5) is 0 Å². The molecule has 1 N–H and O–H groups in total. The summed E-state index contributed by atoms with van der Waals surface area (Å²) in [6.45, 7) is -0.117. The van der Waals surface area contributed by atoms with Gasteiger partial charge in [-0.15, -0.1) is 11.6 Å². The number of rotatable bonds is 3. The van der Waals surface area contributed by atoms with E-state index in [0.29, 0.717) is 0 Å². The van der Waals surface area contributed by atoms with Crippen molar-refractivity contribution in [2.45, 2.75) is 0 Å². The molecule has 0 saturated heterocycles. The van der Waals surface area contributed by atoms with Gasteiger partial charge in [-0.2, -0.15) is 0 Å². The predicted molar refractivity (Wildman–Crippen MR) is 35.9 cm³/mol. The Morgan fingerprint density at radius 3 is 2.56 bits per heavy atom. The van der Waals surface area contributed by atoms with Crippen LogP contribution in [0.2, 0.25) is 0 Å². The summed E-state index contributed by atoms with van der Waals surface area (Å²) in [6.07, 6.45) is 0. The molecule has 5 heteroatoms. The Morgan fingerprint density at radius 2 is 2.22 bits per heavy atom. The average molecular weight is 163 g/mol. The molecule has 0 aliphatic carbocycles. The van der Waals surface area contributed by atoms with Gasteiger partial charge in [0.1, 0.15) is 12.5 Å². The van der Waals surface area contributed by atoms with Gasteiger partial charge in [0.2, 0.25) is 0 Å². The van der Waals surface area contributed by atoms with Crippen LogP contribution in [0.25, 0.3) is 0 Å². The standard InChI is InChI=1S/C4H7ClO3.Na.H/c5-3-4(7)8-2-1-6;;/h6H,1-3H2;;. The maximum atomic E-state index is 10.1. The van der Waals surface area contributed by atoms with Gasteiger partial charge in [-0.05, 0) is 0 Å². The number of ether oxygens (including phenoxy) is 1. The Morgan fingerprint density at radius 1 is 1.67 bits per heavy atom. The second-order valence-corrected chi connectivity index (χ2v) is 1.34. The van der Waals surface area contributed by atoms with E-state index in [1.165, 1.54) is 0 Å². The first-order chi connectivity index (χ1) is 3.81. The fourth-order valence-corrected chi connectivity index (χ4v) is 0.275. The van der Waals surface area contributed by atoms with Gasteiger partial charge in [-0.1, -0.05) is 0 Å². The van der Waals surface area contributed by atoms with Crippen molar-refractivity contribution in [2.75, 3.05) is 19.1 Å². The van der Waals surface area contributed by atoms with Crippen LogP contribution in [0.5, 0.6) is 0 Å². The molecule has 0 bridgehead atoms. The Labute approximate surface area is 80.6 Å². The van der Waals surface area contributed by atoms with Crippen LogP contribution in [0.1, 0.15) is 0 Å². The Bertz CT molecular complexity index is 78.2. The van der Waals surface area contributed by atoms with E-state index in [2.05, 4.69) is 4.74 Å². The molecular weight excluding hydrogens is 154 g/mol. The molecule has 0 unspecified atom stereocenters. The van der Waals surface area contributed by atoms with Crippen LogP contribution < -0.4 is 0 Å². The molecule has 0 radical (unpaired) electrons. The van der Waals surface area contributed by atoms with E-state index >= 15 is 0 Å². The summed E-state index contributed by atoms with van der Waals surface area (Å²) >= 11 is 5.03. The number of aliphatic hydroxyl groups excluding tert-OH is 1. The molecular formula is C4H8ClNaO3. The third kappa shape index (κ3) is 8.72. The number of alkyl halides is 1. The first-order valence-electron chi connectivity index (χ1n) is 2.13. The number of hydrogen-bond acceptors (Lipinski definition) is 3. The molecule has 0 amide bonds. The Balaban J connectivity index is 0. The van der Waals surface area contributed by atoms with E-state index in [1.54, 1.807) is 0 Å². The van der Waals surface area contributed by atoms with Crippen LogP contribution in [-0.2, 0) is 9.53 Å². The summed E-state index contributed by atoms with van der Waals surface area (Å²) in [4.78, 5) is 10.1. The molecule has 0 aromatic carbocycles. The fourth-order valence-electron chi connectivity index (χ4n) is 0.198. The van der Waals surface area contributed by atoms with Crippen molar-refractivity contribution in [2.24, 2.45) is 0 Å². The Hall–Kier alpha value is 0.720. The molecule has 0 spiro atoms. The van der Waals surface area contributed by atoms with Crippen LogP contribution in [0.3, 0.4) is 0 Å². The molecule has 0 saturated carbocycles. The van der Waals surface area contributed by atoms with E-state index in [-0.39, 0.29) is 48.7 Å². The minimum absolute atomic E-state index is 0. The number of carbonyl (C=O) groups is 1. The van der Waals surface area contributed by atoms with E-state index in [4.69, 9.17) is 16.7 Å². The van der Waals surface area contributed by atoms with Crippen molar-refractivity contribution >= 4 is 47.1 Å². The quantitative estimate of drug-likeness (QED) is 0.333. The summed E-state index contributed by atoms with van der Waals surface area (Å²) in [5.41, 5.74) is 0. The van der Waals surface area contributed by atoms with Crippen LogP contribution in [0, 0.1) is 0 Å². The van der Waals surface area contributed by atoms with Gasteiger partial charge in [-0.3, -0.25) is 4.79 Å². The van der Waals surface area contributed by atoms with E-state index in [1.807, 2.05) is 0 Å². The van der Waals surface area contributed by atoms with E-state index in [0.717, 1.165) is 0 Å². The molecule has 0 rings (SSSR count). The SMILES string of the molecule is O=C(CCl)OCCO.[NaH]. The third-order valence-corrected chi connectivity index (χ3v) is 0.682. The van der Waals surface area contributed by atoms with Crippen molar-refractivity contribution in [1.82, 2.24) is 0 Å². The molecule has 50 valence electrons. The van der Waals surface area contributed by atoms with Crippen LogP contribution in [0.15, 0.2) is 0 Å². The van der Waals surface area contributed by atoms with Crippen molar-refractivity contribution in [1.29, 1.82) is 0 Å². The maximum absolute atomic E-state index is 10.1. The minimum atomic E-state index is -0.499. The van der Waals surface area contributed by atoms with Crippen molar-refractivity contribution in [3.05, 3.63) is 0 Å². The summed E-state index contributed by atoms with van der Waals surface area (Å²) < 4.78 is 4.32. The number of carbonyl (C=O) groups excluding carboxylic acids is 1. The molecule has 0 aromatic rings. The summed E-state index contributed by atoms with van der Waals surface area (Å²) in [5, 5.41) is 8.09. The van der Waals surface area contributed by atoms with E-state index < -0.39 is 5.97 Å². The molecule has 3 nitrogen and oxygen atoms in total. The number of hydrogen-bond donors (Lipinski definition) is 1. The molecule has 0 heterocycles. The third-order valence-electron chi connectivity index (χ3n) is 0.463. The van der Waals surface area contributed by atoms with Gasteiger partial charge in [0, 0.05) is 0 Å². The van der Waals surface area contributed by atoms with Gasteiger partial charge in [0.15, 0.2) is 0 Å². The second-order valence-electron chi connectivity index (χ2n) is 1.08. The van der Waals surface area contributed by atoms with Crippen LogP contribution >= 0.6 is 11.6 Å². The monoisotopic (exact) mass is 162 g/mol. The van der Waals surface area contributed by atoms with Gasteiger partial charge < -0.3 is 9.84 Å². The Kier molecular flexibility index (Phi) is 12.0. The first-order valence-corrected chi connectivity index (χ1v) is 2.67. The zero-order valence-electron chi connectivity index (χ0n) is 4.26. The summed E-state index contributed by atoms with van der Waals surface area (Å²) in [6, 6.07) is 0. The number of aliphatic hydroxyl groups is 1. The molecule has 0 fully saturated rings. The topological polar surface area (TPSA) is 46.5 Å². The van der Waals surface area contributed by atoms with Gasteiger partial charge in [0.05, 0.1) is 6.61 Å². The normalized spacial score (nSPS) is 7.78. The molecule has 0 aromatic heterocycles. The molecule has 0 aliphatic heterocycles.